The maximum atomic E-state index is 11.9. The number of likely N-dealkylation sites (N-methyl/N-ethyl adjacent to an activating group) is 1. The summed E-state index contributed by atoms with van der Waals surface area (Å²) in [5, 5.41) is 5.06. The molecule has 0 bridgehead atoms. The van der Waals surface area contributed by atoms with Gasteiger partial charge in [0.25, 0.3) is 5.91 Å². The largest absolute Gasteiger partial charge is 0.446 e. The molecule has 1 atom stereocenters. The summed E-state index contributed by atoms with van der Waals surface area (Å²) in [6, 6.07) is -0.884. The van der Waals surface area contributed by atoms with Gasteiger partial charge in [-0.15, -0.1) is 0 Å². The Morgan fingerprint density at radius 3 is 2.38 bits per heavy atom. The average molecular weight is 295 g/mol. The highest BCUT2D eigenvalue weighted by Crippen LogP contribution is 2.27. The molecule has 1 unspecified atom stereocenters. The Labute approximate surface area is 125 Å². The van der Waals surface area contributed by atoms with Crippen molar-refractivity contribution in [1.29, 1.82) is 0 Å². The standard InChI is InChI=1S/C15H25N3O3/c1-5-7-11(8-6-2)12-9-21-15(18-12)13(14(20)16-4)17-10(3)19/h9,11,13H,5-8H2,1-4H3,(H,16,20)(H,17,19). The highest BCUT2D eigenvalue weighted by atomic mass is 16.3. The van der Waals surface area contributed by atoms with Gasteiger partial charge < -0.3 is 15.1 Å². The van der Waals surface area contributed by atoms with E-state index < -0.39 is 6.04 Å². The van der Waals surface area contributed by atoms with E-state index in [1.54, 1.807) is 6.26 Å². The average Bonchev–Trinajstić information content (AvgIpc) is 2.93. The van der Waals surface area contributed by atoms with Gasteiger partial charge in [-0.1, -0.05) is 26.7 Å². The number of carbonyl (C=O) groups excluding carboxylic acids is 2. The molecule has 1 aromatic rings. The lowest BCUT2D eigenvalue weighted by Gasteiger charge is -2.13. The second kappa shape index (κ2) is 8.44. The number of amides is 2. The summed E-state index contributed by atoms with van der Waals surface area (Å²) in [6.07, 6.45) is 5.80. The normalized spacial score (nSPS) is 12.2. The summed E-state index contributed by atoms with van der Waals surface area (Å²) in [6.45, 7) is 5.62. The van der Waals surface area contributed by atoms with Crippen LogP contribution >= 0.6 is 0 Å². The van der Waals surface area contributed by atoms with Gasteiger partial charge in [-0.3, -0.25) is 9.59 Å². The molecule has 21 heavy (non-hydrogen) atoms. The molecule has 0 aromatic carbocycles. The fourth-order valence-electron chi connectivity index (χ4n) is 2.34. The molecule has 2 amide bonds. The molecule has 0 fully saturated rings. The molecule has 1 aromatic heterocycles. The molecular weight excluding hydrogens is 270 g/mol. The predicted octanol–water partition coefficient (Wildman–Crippen LogP) is 2.28. The first-order chi connectivity index (χ1) is 10.0. The molecule has 0 radical (unpaired) electrons. The lowest BCUT2D eigenvalue weighted by molar-refractivity contribution is -0.128. The number of nitrogens with one attached hydrogen (secondary N) is 2. The van der Waals surface area contributed by atoms with E-state index in [2.05, 4.69) is 29.5 Å². The van der Waals surface area contributed by atoms with Gasteiger partial charge in [-0.2, -0.15) is 0 Å². The van der Waals surface area contributed by atoms with E-state index in [1.807, 2.05) is 0 Å². The van der Waals surface area contributed by atoms with Crippen molar-refractivity contribution in [2.75, 3.05) is 7.05 Å². The molecule has 2 N–H and O–H groups in total. The van der Waals surface area contributed by atoms with Crippen LogP contribution in [-0.2, 0) is 9.59 Å². The van der Waals surface area contributed by atoms with Crippen LogP contribution < -0.4 is 10.6 Å². The number of hydrogen-bond donors (Lipinski definition) is 2. The Kier molecular flexibility index (Phi) is 6.91. The van der Waals surface area contributed by atoms with Gasteiger partial charge in [-0.05, 0) is 12.8 Å². The molecule has 0 aliphatic carbocycles. The monoisotopic (exact) mass is 295 g/mol. The highest BCUT2D eigenvalue weighted by molar-refractivity contribution is 5.86. The van der Waals surface area contributed by atoms with Crippen molar-refractivity contribution in [1.82, 2.24) is 15.6 Å². The number of rotatable bonds is 8. The van der Waals surface area contributed by atoms with Gasteiger partial charge in [-0.25, -0.2) is 4.98 Å². The predicted molar refractivity (Wildman–Crippen MR) is 79.7 cm³/mol. The Morgan fingerprint density at radius 1 is 1.29 bits per heavy atom. The summed E-state index contributed by atoms with van der Waals surface area (Å²) in [7, 11) is 1.51. The van der Waals surface area contributed by atoms with E-state index in [0.29, 0.717) is 5.92 Å². The van der Waals surface area contributed by atoms with E-state index in [0.717, 1.165) is 31.4 Å². The zero-order valence-electron chi connectivity index (χ0n) is 13.2. The number of carbonyl (C=O) groups is 2. The minimum atomic E-state index is -0.884. The van der Waals surface area contributed by atoms with Crippen LogP contribution in [0.3, 0.4) is 0 Å². The second-order valence-electron chi connectivity index (χ2n) is 5.13. The van der Waals surface area contributed by atoms with Gasteiger partial charge in [0.1, 0.15) is 6.26 Å². The maximum Gasteiger partial charge on any atom is 0.252 e. The van der Waals surface area contributed by atoms with Crippen LogP contribution in [0, 0.1) is 0 Å². The molecule has 0 spiro atoms. The van der Waals surface area contributed by atoms with Crippen LogP contribution in [0.4, 0.5) is 0 Å². The van der Waals surface area contributed by atoms with Gasteiger partial charge in [0.15, 0.2) is 6.04 Å². The summed E-state index contributed by atoms with van der Waals surface area (Å²) >= 11 is 0. The van der Waals surface area contributed by atoms with Gasteiger partial charge in [0, 0.05) is 19.9 Å². The third-order valence-electron chi connectivity index (χ3n) is 3.34. The van der Waals surface area contributed by atoms with Crippen molar-refractivity contribution in [3.8, 4) is 0 Å². The Hall–Kier alpha value is -1.85. The fraction of sp³-hybridized carbons (Fsp3) is 0.667. The zero-order valence-corrected chi connectivity index (χ0v) is 13.2. The van der Waals surface area contributed by atoms with E-state index in [-0.39, 0.29) is 17.7 Å². The molecule has 6 nitrogen and oxygen atoms in total. The van der Waals surface area contributed by atoms with Crippen molar-refractivity contribution in [2.45, 2.75) is 58.4 Å². The SMILES string of the molecule is CCCC(CCC)c1coc(C(NC(C)=O)C(=O)NC)n1. The quantitative estimate of drug-likeness (QED) is 0.770. The molecule has 0 aliphatic rings. The summed E-state index contributed by atoms with van der Waals surface area (Å²) in [4.78, 5) is 27.5. The van der Waals surface area contributed by atoms with E-state index in [4.69, 9.17) is 4.42 Å². The van der Waals surface area contributed by atoms with E-state index in [9.17, 15) is 9.59 Å². The first kappa shape index (κ1) is 17.2. The van der Waals surface area contributed by atoms with Crippen molar-refractivity contribution in [2.24, 2.45) is 0 Å². The maximum absolute atomic E-state index is 11.9. The van der Waals surface area contributed by atoms with Crippen LogP contribution in [0.5, 0.6) is 0 Å². The number of hydrogen-bond acceptors (Lipinski definition) is 4. The Bertz CT molecular complexity index is 464. The molecule has 0 aliphatic heterocycles. The van der Waals surface area contributed by atoms with Gasteiger partial charge in [0.05, 0.1) is 5.69 Å². The van der Waals surface area contributed by atoms with Crippen molar-refractivity contribution in [3.63, 3.8) is 0 Å². The van der Waals surface area contributed by atoms with Crippen LogP contribution in [0.1, 0.15) is 70.0 Å². The van der Waals surface area contributed by atoms with Crippen LogP contribution in [-0.4, -0.2) is 23.8 Å². The minimum absolute atomic E-state index is 0.233. The summed E-state index contributed by atoms with van der Waals surface area (Å²) in [5.74, 6) is -0.0833. The number of aromatic nitrogens is 1. The van der Waals surface area contributed by atoms with E-state index in [1.165, 1.54) is 14.0 Å². The molecule has 118 valence electrons. The molecule has 6 heteroatoms. The first-order valence-electron chi connectivity index (χ1n) is 7.47. The topological polar surface area (TPSA) is 84.2 Å². The van der Waals surface area contributed by atoms with Crippen molar-refractivity contribution in [3.05, 3.63) is 17.8 Å². The molecule has 0 saturated heterocycles. The van der Waals surface area contributed by atoms with Crippen molar-refractivity contribution < 1.29 is 14.0 Å². The van der Waals surface area contributed by atoms with Crippen LogP contribution in [0.25, 0.3) is 0 Å². The van der Waals surface area contributed by atoms with Crippen LogP contribution in [0.15, 0.2) is 10.7 Å². The third-order valence-corrected chi connectivity index (χ3v) is 3.34. The van der Waals surface area contributed by atoms with Crippen molar-refractivity contribution >= 4 is 11.8 Å². The summed E-state index contributed by atoms with van der Waals surface area (Å²) < 4.78 is 5.44. The molecule has 1 rings (SSSR count). The second-order valence-corrected chi connectivity index (χ2v) is 5.13. The minimum Gasteiger partial charge on any atom is -0.446 e. The molecular formula is C15H25N3O3. The summed E-state index contributed by atoms with van der Waals surface area (Å²) in [5.41, 5.74) is 0.855. The fourth-order valence-corrected chi connectivity index (χ4v) is 2.34. The first-order valence-corrected chi connectivity index (χ1v) is 7.47. The third kappa shape index (κ3) is 4.88. The lowest BCUT2D eigenvalue weighted by Crippen LogP contribution is -2.38. The van der Waals surface area contributed by atoms with Gasteiger partial charge in [0.2, 0.25) is 11.8 Å². The van der Waals surface area contributed by atoms with E-state index >= 15 is 0 Å². The highest BCUT2D eigenvalue weighted by Gasteiger charge is 2.27. The Balaban J connectivity index is 2.96. The number of oxazole rings is 1. The zero-order chi connectivity index (χ0) is 15.8. The molecule has 0 saturated carbocycles. The lowest BCUT2D eigenvalue weighted by atomic mass is 9.95. The van der Waals surface area contributed by atoms with Gasteiger partial charge >= 0.3 is 0 Å². The Morgan fingerprint density at radius 2 is 1.90 bits per heavy atom. The smallest absolute Gasteiger partial charge is 0.252 e. The molecule has 1 heterocycles. The number of nitrogens with zero attached hydrogens (tertiary/aromatic N) is 1. The van der Waals surface area contributed by atoms with Crippen LogP contribution in [0.2, 0.25) is 0 Å².